The molecule has 0 spiro atoms. The van der Waals surface area contributed by atoms with Crippen molar-refractivity contribution < 1.29 is 23.9 Å². The van der Waals surface area contributed by atoms with Crippen molar-refractivity contribution in [2.75, 3.05) is 7.11 Å². The minimum atomic E-state index is -1.02. The number of rotatable bonds is 3. The van der Waals surface area contributed by atoms with Gasteiger partial charge in [-0.2, -0.15) is 0 Å². The molecule has 5 rings (SSSR count). The molecule has 0 radical (unpaired) electrons. The van der Waals surface area contributed by atoms with Gasteiger partial charge < -0.3 is 19.2 Å². The van der Waals surface area contributed by atoms with Gasteiger partial charge in [0.15, 0.2) is 0 Å². The van der Waals surface area contributed by atoms with E-state index in [0.717, 1.165) is 6.42 Å². The highest BCUT2D eigenvalue weighted by Gasteiger charge is 2.68. The van der Waals surface area contributed by atoms with Crippen LogP contribution in [0.4, 0.5) is 0 Å². The van der Waals surface area contributed by atoms with Crippen LogP contribution in [0.25, 0.3) is 0 Å². The second-order valence-corrected chi connectivity index (χ2v) is 8.03. The minimum Gasteiger partial charge on any atom is -0.496 e. The number of para-hydroxylation sites is 1. The second kappa shape index (κ2) is 4.99. The SMILES string of the molecule is COc1c(B2OC3CC4CC(C4(C)C)[C@]3(C)O2)cccc1C(=O)O. The molecule has 5 nitrogen and oxygen atoms in total. The molecule has 1 N–H and O–H groups in total. The number of carboxylic acids is 1. The monoisotopic (exact) mass is 330 g/mol. The van der Waals surface area contributed by atoms with Gasteiger partial charge in [-0.05, 0) is 43.1 Å². The highest BCUT2D eigenvalue weighted by molar-refractivity contribution is 6.63. The van der Waals surface area contributed by atoms with E-state index in [0.29, 0.717) is 23.0 Å². The van der Waals surface area contributed by atoms with E-state index in [1.54, 1.807) is 6.07 Å². The van der Waals surface area contributed by atoms with Crippen LogP contribution in [0.3, 0.4) is 0 Å². The molecule has 3 aliphatic carbocycles. The van der Waals surface area contributed by atoms with Crippen LogP contribution in [0, 0.1) is 17.3 Å². The van der Waals surface area contributed by atoms with Crippen molar-refractivity contribution in [3.05, 3.63) is 23.8 Å². The summed E-state index contributed by atoms with van der Waals surface area (Å²) >= 11 is 0. The Labute approximate surface area is 142 Å². The van der Waals surface area contributed by atoms with Gasteiger partial charge >= 0.3 is 13.1 Å². The molecular weight excluding hydrogens is 307 g/mol. The average molecular weight is 330 g/mol. The number of hydrogen-bond acceptors (Lipinski definition) is 4. The van der Waals surface area contributed by atoms with Crippen LogP contribution in [-0.2, 0) is 9.31 Å². The molecule has 4 aliphatic rings. The number of methoxy groups -OCH3 is 1. The number of hydrogen-bond donors (Lipinski definition) is 1. The molecule has 1 aromatic rings. The minimum absolute atomic E-state index is 0.0532. The summed E-state index contributed by atoms with van der Waals surface area (Å²) in [4.78, 5) is 11.4. The van der Waals surface area contributed by atoms with Gasteiger partial charge in [0.1, 0.15) is 11.3 Å². The Balaban J connectivity index is 1.69. The highest BCUT2D eigenvalue weighted by Crippen LogP contribution is 2.65. The summed E-state index contributed by atoms with van der Waals surface area (Å²) in [6.07, 6.45) is 2.23. The molecule has 1 aromatic carbocycles. The maximum absolute atomic E-state index is 11.4. The van der Waals surface area contributed by atoms with Crippen molar-refractivity contribution in [3.8, 4) is 5.75 Å². The predicted octanol–water partition coefficient (Wildman–Crippen LogP) is 2.33. The van der Waals surface area contributed by atoms with Gasteiger partial charge in [0.25, 0.3) is 0 Å². The summed E-state index contributed by atoms with van der Waals surface area (Å²) in [5.74, 6) is 0.449. The molecular formula is C18H23BO5. The lowest BCUT2D eigenvalue weighted by molar-refractivity contribution is -0.199. The number of aromatic carboxylic acids is 1. The Hall–Kier alpha value is -1.53. The van der Waals surface area contributed by atoms with Crippen LogP contribution < -0.4 is 10.2 Å². The van der Waals surface area contributed by atoms with Gasteiger partial charge in [0, 0.05) is 5.46 Å². The fourth-order valence-corrected chi connectivity index (χ4v) is 5.14. The second-order valence-electron chi connectivity index (χ2n) is 8.03. The maximum atomic E-state index is 11.4. The zero-order valence-electron chi connectivity index (χ0n) is 14.5. The molecule has 1 aliphatic heterocycles. The fourth-order valence-electron chi connectivity index (χ4n) is 5.14. The first-order valence-electron chi connectivity index (χ1n) is 8.52. The molecule has 1 heterocycles. The van der Waals surface area contributed by atoms with E-state index in [1.165, 1.54) is 19.6 Å². The Morgan fingerprint density at radius 3 is 2.71 bits per heavy atom. The standard InChI is InChI=1S/C18H23BO5/c1-17(2)10-8-13(17)18(3)14(9-10)23-19(24-18)12-7-5-6-11(16(20)21)15(12)22-4/h5-7,10,13-14H,8-9H2,1-4H3,(H,20,21)/t10?,13?,14?,18-/m0/s1. The number of carboxylic acid groups (broad SMARTS) is 1. The molecule has 6 heteroatoms. The van der Waals surface area contributed by atoms with Crippen molar-refractivity contribution >= 4 is 18.6 Å². The lowest BCUT2D eigenvalue weighted by Crippen LogP contribution is -2.65. The molecule has 4 fully saturated rings. The Kier molecular flexibility index (Phi) is 3.32. The topological polar surface area (TPSA) is 65.0 Å². The smallest absolute Gasteiger partial charge is 0.496 e. The zero-order valence-corrected chi connectivity index (χ0v) is 14.5. The third-order valence-corrected chi connectivity index (χ3v) is 6.68. The van der Waals surface area contributed by atoms with Crippen LogP contribution >= 0.6 is 0 Å². The number of benzene rings is 1. The predicted molar refractivity (Wildman–Crippen MR) is 89.7 cm³/mol. The van der Waals surface area contributed by atoms with E-state index < -0.39 is 13.1 Å². The van der Waals surface area contributed by atoms with E-state index in [4.69, 9.17) is 14.0 Å². The van der Waals surface area contributed by atoms with Gasteiger partial charge in [-0.1, -0.05) is 26.0 Å². The third kappa shape index (κ3) is 1.93. The number of ether oxygens (including phenoxy) is 1. The maximum Gasteiger partial charge on any atom is 0.498 e. The van der Waals surface area contributed by atoms with E-state index in [9.17, 15) is 9.90 Å². The molecule has 2 bridgehead atoms. The normalized spacial score (nSPS) is 36.0. The summed E-state index contributed by atoms with van der Waals surface area (Å²) < 4.78 is 18.0. The lowest BCUT2D eigenvalue weighted by atomic mass is 9.43. The summed E-state index contributed by atoms with van der Waals surface area (Å²) in [5.41, 5.74) is 0.735. The third-order valence-electron chi connectivity index (χ3n) is 6.68. The Bertz CT molecular complexity index is 703. The molecule has 0 amide bonds. The Morgan fingerprint density at radius 2 is 2.08 bits per heavy atom. The zero-order chi connectivity index (χ0) is 17.3. The quantitative estimate of drug-likeness (QED) is 0.862. The van der Waals surface area contributed by atoms with Crippen molar-refractivity contribution in [1.29, 1.82) is 0 Å². The van der Waals surface area contributed by atoms with Crippen molar-refractivity contribution in [2.45, 2.75) is 45.3 Å². The number of carbonyl (C=O) groups is 1. The summed E-state index contributed by atoms with van der Waals surface area (Å²) in [6.45, 7) is 6.78. The first-order valence-corrected chi connectivity index (χ1v) is 8.52. The van der Waals surface area contributed by atoms with Crippen molar-refractivity contribution in [3.63, 3.8) is 0 Å². The van der Waals surface area contributed by atoms with Crippen LogP contribution in [0.15, 0.2) is 18.2 Å². The molecule has 128 valence electrons. The largest absolute Gasteiger partial charge is 0.498 e. The molecule has 3 saturated carbocycles. The molecule has 1 saturated heterocycles. The van der Waals surface area contributed by atoms with Gasteiger partial charge in [-0.25, -0.2) is 4.79 Å². The van der Waals surface area contributed by atoms with Crippen LogP contribution in [-0.4, -0.2) is 37.0 Å². The summed E-state index contributed by atoms with van der Waals surface area (Å²) in [5, 5.41) is 9.38. The summed E-state index contributed by atoms with van der Waals surface area (Å²) in [6, 6.07) is 5.07. The fraction of sp³-hybridized carbons (Fsp3) is 0.611. The van der Waals surface area contributed by atoms with Gasteiger partial charge in [0.2, 0.25) is 0 Å². The highest BCUT2D eigenvalue weighted by atomic mass is 16.7. The summed E-state index contributed by atoms with van der Waals surface area (Å²) in [7, 11) is 0.902. The van der Waals surface area contributed by atoms with Gasteiger partial charge in [-0.3, -0.25) is 0 Å². The van der Waals surface area contributed by atoms with E-state index >= 15 is 0 Å². The van der Waals surface area contributed by atoms with Crippen LogP contribution in [0.2, 0.25) is 0 Å². The van der Waals surface area contributed by atoms with Crippen LogP contribution in [0.5, 0.6) is 5.75 Å². The van der Waals surface area contributed by atoms with Crippen molar-refractivity contribution in [1.82, 2.24) is 0 Å². The first kappa shape index (κ1) is 16.0. The van der Waals surface area contributed by atoms with Gasteiger partial charge in [-0.15, -0.1) is 0 Å². The Morgan fingerprint density at radius 1 is 1.33 bits per heavy atom. The molecule has 0 aromatic heterocycles. The molecule has 3 unspecified atom stereocenters. The lowest BCUT2D eigenvalue weighted by Gasteiger charge is -2.64. The first-order chi connectivity index (χ1) is 11.3. The van der Waals surface area contributed by atoms with E-state index in [1.807, 2.05) is 6.07 Å². The molecule has 4 atom stereocenters. The molecule has 24 heavy (non-hydrogen) atoms. The van der Waals surface area contributed by atoms with Crippen LogP contribution in [0.1, 0.15) is 44.0 Å². The van der Waals surface area contributed by atoms with E-state index in [-0.39, 0.29) is 22.7 Å². The van der Waals surface area contributed by atoms with Crippen molar-refractivity contribution in [2.24, 2.45) is 17.3 Å². The average Bonchev–Trinajstić information content (AvgIpc) is 2.90. The van der Waals surface area contributed by atoms with E-state index in [2.05, 4.69) is 20.8 Å². The van der Waals surface area contributed by atoms with Gasteiger partial charge in [0.05, 0.1) is 18.8 Å².